The van der Waals surface area contributed by atoms with Gasteiger partial charge in [-0.1, -0.05) is 38.1 Å². The minimum absolute atomic E-state index is 0.0855. The van der Waals surface area contributed by atoms with Crippen LogP contribution in [0.1, 0.15) is 38.6 Å². The molecule has 11 nitrogen and oxygen atoms in total. The van der Waals surface area contributed by atoms with E-state index in [-0.39, 0.29) is 17.9 Å². The van der Waals surface area contributed by atoms with Crippen molar-refractivity contribution < 1.29 is 18.7 Å². The van der Waals surface area contributed by atoms with Crippen LogP contribution >= 0.6 is 0 Å². The molecule has 1 aromatic carbocycles. The van der Waals surface area contributed by atoms with Crippen LogP contribution in [0.15, 0.2) is 59.9 Å². The second-order valence-electron chi connectivity index (χ2n) is 10.8. The molecule has 0 spiro atoms. The highest BCUT2D eigenvalue weighted by Crippen LogP contribution is 2.38. The Morgan fingerprint density at radius 3 is 2.61 bits per heavy atom. The van der Waals surface area contributed by atoms with E-state index in [1.54, 1.807) is 18.8 Å². The number of nitrogens with one attached hydrogen (secondary N) is 3. The van der Waals surface area contributed by atoms with Crippen LogP contribution in [-0.2, 0) is 16.6 Å². The van der Waals surface area contributed by atoms with Gasteiger partial charge in [-0.3, -0.25) is 4.79 Å². The summed E-state index contributed by atoms with van der Waals surface area (Å²) in [5.74, 6) is 0.526. The normalized spacial score (nSPS) is 16.0. The van der Waals surface area contributed by atoms with E-state index in [4.69, 9.17) is 9.15 Å². The number of furan rings is 1. The molecular formula is C30H33N7O4. The van der Waals surface area contributed by atoms with Gasteiger partial charge in [0, 0.05) is 25.4 Å². The predicted octanol–water partition coefficient (Wildman–Crippen LogP) is 5.26. The number of benzene rings is 1. The number of nitrogens with zero attached hydrogens (tertiary/aromatic N) is 4. The van der Waals surface area contributed by atoms with Gasteiger partial charge in [-0.2, -0.15) is 0 Å². The molecule has 5 heterocycles. The number of aryl methyl sites for hydroxylation is 1. The maximum absolute atomic E-state index is 13.4. The number of alkyl carbamates (subject to hydrolysis) is 1. The summed E-state index contributed by atoms with van der Waals surface area (Å²) < 4.78 is 12.8. The summed E-state index contributed by atoms with van der Waals surface area (Å²) in [5.41, 5.74) is 7.60. The predicted molar refractivity (Wildman–Crippen MR) is 154 cm³/mol. The number of methoxy groups -OCH3 is 1. The summed E-state index contributed by atoms with van der Waals surface area (Å²) >= 11 is 0. The molecule has 212 valence electrons. The van der Waals surface area contributed by atoms with E-state index in [1.165, 1.54) is 7.11 Å². The molecule has 2 amide bonds. The number of H-pyrrole nitrogens is 2. The lowest BCUT2D eigenvalue weighted by Gasteiger charge is -2.30. The molecule has 3 N–H and O–H groups in total. The average Bonchev–Trinajstić information content (AvgIpc) is 3.80. The third-order valence-corrected chi connectivity index (χ3v) is 7.82. The van der Waals surface area contributed by atoms with Gasteiger partial charge in [0.25, 0.3) is 0 Å². The number of rotatable bonds is 7. The number of imidazole rings is 2. The largest absolute Gasteiger partial charge is 0.461 e. The molecule has 0 aliphatic carbocycles. The minimum Gasteiger partial charge on any atom is -0.461 e. The number of carbonyl (C=O) groups excluding carboxylic acids is 2. The van der Waals surface area contributed by atoms with Crippen molar-refractivity contribution in [2.24, 2.45) is 13.0 Å². The summed E-state index contributed by atoms with van der Waals surface area (Å²) in [7, 11) is 3.30. The van der Waals surface area contributed by atoms with Crippen LogP contribution in [0, 0.1) is 5.92 Å². The highest BCUT2D eigenvalue weighted by molar-refractivity contribution is 6.00. The lowest BCUT2D eigenvalue weighted by molar-refractivity contribution is -0.135. The third-order valence-electron chi connectivity index (χ3n) is 7.82. The molecule has 5 aromatic rings. The van der Waals surface area contributed by atoms with Gasteiger partial charge in [-0.15, -0.1) is 0 Å². The van der Waals surface area contributed by atoms with Crippen molar-refractivity contribution >= 4 is 23.1 Å². The van der Waals surface area contributed by atoms with Crippen molar-refractivity contribution in [3.8, 4) is 33.6 Å². The number of aromatic nitrogens is 5. The zero-order valence-electron chi connectivity index (χ0n) is 23.5. The number of fused-ring (bicyclic) bond motifs is 1. The molecule has 2 atom stereocenters. The molecule has 1 fully saturated rings. The van der Waals surface area contributed by atoms with E-state index >= 15 is 0 Å². The number of hydrogen-bond acceptors (Lipinski definition) is 6. The Morgan fingerprint density at radius 1 is 1.12 bits per heavy atom. The van der Waals surface area contributed by atoms with Crippen LogP contribution in [0.5, 0.6) is 0 Å². The molecule has 6 rings (SSSR count). The van der Waals surface area contributed by atoms with Crippen LogP contribution in [0.3, 0.4) is 0 Å². The zero-order chi connectivity index (χ0) is 28.7. The van der Waals surface area contributed by atoms with Gasteiger partial charge in [-0.25, -0.2) is 14.8 Å². The molecule has 1 aliphatic rings. The van der Waals surface area contributed by atoms with Crippen molar-refractivity contribution in [2.75, 3.05) is 13.7 Å². The molecule has 4 aromatic heterocycles. The van der Waals surface area contributed by atoms with Gasteiger partial charge in [0.15, 0.2) is 5.58 Å². The van der Waals surface area contributed by atoms with E-state index in [9.17, 15) is 9.59 Å². The molecule has 41 heavy (non-hydrogen) atoms. The van der Waals surface area contributed by atoms with Crippen LogP contribution in [0.2, 0.25) is 0 Å². The quantitative estimate of drug-likeness (QED) is 0.251. The monoisotopic (exact) mass is 555 g/mol. The first-order valence-corrected chi connectivity index (χ1v) is 13.7. The third kappa shape index (κ3) is 4.77. The Hall–Kier alpha value is -4.80. The number of hydrogen-bond donors (Lipinski definition) is 3. The van der Waals surface area contributed by atoms with Crippen molar-refractivity contribution in [2.45, 2.75) is 38.8 Å². The Balaban J connectivity index is 1.22. The second-order valence-corrected chi connectivity index (χ2v) is 10.8. The van der Waals surface area contributed by atoms with Crippen molar-refractivity contribution in [3.63, 3.8) is 0 Å². The summed E-state index contributed by atoms with van der Waals surface area (Å²) in [6.45, 7) is 4.42. The second kappa shape index (κ2) is 10.6. The van der Waals surface area contributed by atoms with Gasteiger partial charge >= 0.3 is 6.09 Å². The van der Waals surface area contributed by atoms with Crippen molar-refractivity contribution in [1.29, 1.82) is 0 Å². The average molecular weight is 556 g/mol. The summed E-state index contributed by atoms with van der Waals surface area (Å²) in [5, 5.41) is 2.69. The van der Waals surface area contributed by atoms with Gasteiger partial charge in [0.05, 0.1) is 54.3 Å². The van der Waals surface area contributed by atoms with Gasteiger partial charge in [-0.05, 0) is 29.9 Å². The van der Waals surface area contributed by atoms with Gasteiger partial charge in [0.2, 0.25) is 5.91 Å². The first-order chi connectivity index (χ1) is 19.9. The highest BCUT2D eigenvalue weighted by atomic mass is 16.5. The fourth-order valence-electron chi connectivity index (χ4n) is 5.68. The smallest absolute Gasteiger partial charge is 0.407 e. The molecule has 0 saturated carbocycles. The number of amides is 2. The molecule has 1 unspecified atom stereocenters. The molecule has 11 heteroatoms. The molecule has 1 aliphatic heterocycles. The highest BCUT2D eigenvalue weighted by Gasteiger charge is 2.37. The summed E-state index contributed by atoms with van der Waals surface area (Å²) in [6.07, 6.45) is 10.1. The van der Waals surface area contributed by atoms with Gasteiger partial charge < -0.3 is 33.9 Å². The zero-order valence-corrected chi connectivity index (χ0v) is 23.5. The van der Waals surface area contributed by atoms with E-state index in [0.29, 0.717) is 6.54 Å². The molecule has 0 radical (unpaired) electrons. The fraction of sp³-hybridized carbons (Fsp3) is 0.333. The van der Waals surface area contributed by atoms with E-state index in [2.05, 4.69) is 60.3 Å². The minimum atomic E-state index is -0.667. The number of aromatic amines is 2. The topological polar surface area (TPSA) is 134 Å². The lowest BCUT2D eigenvalue weighted by atomic mass is 10.0. The first kappa shape index (κ1) is 26.4. The maximum atomic E-state index is 13.4. The van der Waals surface area contributed by atoms with Crippen LogP contribution in [-0.4, -0.2) is 61.1 Å². The number of likely N-dealkylation sites (tertiary alicyclic amines) is 1. The van der Waals surface area contributed by atoms with Crippen LogP contribution in [0.4, 0.5) is 4.79 Å². The van der Waals surface area contributed by atoms with Crippen molar-refractivity contribution in [1.82, 2.24) is 34.7 Å². The first-order valence-electron chi connectivity index (χ1n) is 13.7. The van der Waals surface area contributed by atoms with Crippen molar-refractivity contribution in [3.05, 3.63) is 61.3 Å². The standard InChI is InChI=1S/C30H33N7O4/c1-17(2)25(35-30(39)40-4)29(38)37-11-5-6-24(37)28-32-13-22(34-28)19-9-7-18(8-10-19)20-14-36(3)26-21(15-41-27(20)26)23-12-31-16-33-23/h7-10,12-17,24-25H,5-6,11H2,1-4H3,(H,31,33)(H,32,34)(H,35,39)/t24?,25-/m0/s1. The Morgan fingerprint density at radius 2 is 1.90 bits per heavy atom. The fourth-order valence-corrected chi connectivity index (χ4v) is 5.68. The lowest BCUT2D eigenvalue weighted by Crippen LogP contribution is -2.51. The number of ether oxygens (including phenoxy) is 1. The molecule has 0 bridgehead atoms. The Kier molecular flexibility index (Phi) is 6.86. The number of carbonyl (C=O) groups is 2. The Bertz CT molecular complexity index is 1680. The van der Waals surface area contributed by atoms with E-state index in [1.807, 2.05) is 32.0 Å². The van der Waals surface area contributed by atoms with Crippen LogP contribution < -0.4 is 5.32 Å². The summed E-state index contributed by atoms with van der Waals surface area (Å²) in [4.78, 5) is 42.5. The van der Waals surface area contributed by atoms with Crippen LogP contribution in [0.25, 0.3) is 44.7 Å². The molecule has 1 saturated heterocycles. The maximum Gasteiger partial charge on any atom is 0.407 e. The van der Waals surface area contributed by atoms with E-state index < -0.39 is 12.1 Å². The SMILES string of the molecule is COC(=O)N[C@H](C(=O)N1CCCC1c1ncc(-c2ccc(-c3cn(C)c4c(-c5cnc[nH]5)coc34)cc2)[nH]1)C(C)C. The Labute approximate surface area is 236 Å². The molecular weight excluding hydrogens is 522 g/mol. The summed E-state index contributed by atoms with van der Waals surface area (Å²) in [6, 6.07) is 7.39. The van der Waals surface area contributed by atoms with E-state index in [0.717, 1.165) is 63.4 Å². The van der Waals surface area contributed by atoms with Gasteiger partial charge in [0.1, 0.15) is 18.1 Å².